The summed E-state index contributed by atoms with van der Waals surface area (Å²) in [6.45, 7) is 0.396. The number of pyridine rings is 1. The molecule has 0 unspecified atom stereocenters. The zero-order valence-electron chi connectivity index (χ0n) is 21.6. The lowest BCUT2D eigenvalue weighted by molar-refractivity contribution is 0.102. The van der Waals surface area contributed by atoms with Crippen LogP contribution in [-0.4, -0.2) is 20.9 Å². The van der Waals surface area contributed by atoms with Gasteiger partial charge in [-0.3, -0.25) is 4.79 Å². The van der Waals surface area contributed by atoms with Crippen molar-refractivity contribution >= 4 is 47.3 Å². The Balaban J connectivity index is 0.00000405. The number of nitrogens with zero attached hydrogens (tertiary/aromatic N) is 3. The minimum absolute atomic E-state index is 0. The lowest BCUT2D eigenvalue weighted by Gasteiger charge is -2.14. The molecule has 214 valence electrons. The summed E-state index contributed by atoms with van der Waals surface area (Å²) in [4.78, 5) is 25.5. The number of rotatable bonds is 9. The Kier molecular flexibility index (Phi) is 9.40. The van der Waals surface area contributed by atoms with Crippen molar-refractivity contribution in [2.75, 3.05) is 21.7 Å². The van der Waals surface area contributed by atoms with Crippen molar-refractivity contribution in [3.05, 3.63) is 120 Å². The van der Waals surface area contributed by atoms with Crippen LogP contribution in [0, 0.1) is 17.5 Å². The third-order valence-electron chi connectivity index (χ3n) is 5.68. The highest BCUT2D eigenvalue weighted by Gasteiger charge is 2.18. The molecule has 0 aliphatic heterocycles. The topological polar surface area (TPSA) is 127 Å². The third kappa shape index (κ3) is 7.43. The molecule has 2 heterocycles. The van der Waals surface area contributed by atoms with Gasteiger partial charge in [-0.2, -0.15) is 4.98 Å². The lowest BCUT2D eigenvalue weighted by Crippen LogP contribution is -2.17. The van der Waals surface area contributed by atoms with Gasteiger partial charge in [-0.05, 0) is 35.9 Å². The van der Waals surface area contributed by atoms with Gasteiger partial charge in [0, 0.05) is 42.8 Å². The fourth-order valence-corrected chi connectivity index (χ4v) is 3.70. The maximum Gasteiger partial charge on any atom is 0.261 e. The van der Waals surface area contributed by atoms with Crippen LogP contribution in [0.4, 0.5) is 42.1 Å². The van der Waals surface area contributed by atoms with Gasteiger partial charge in [-0.15, -0.1) is 12.4 Å². The van der Waals surface area contributed by atoms with Crippen LogP contribution in [0.5, 0.6) is 11.5 Å². The van der Waals surface area contributed by atoms with Gasteiger partial charge < -0.3 is 26.4 Å². The van der Waals surface area contributed by atoms with Crippen LogP contribution < -0.4 is 26.4 Å². The number of nitrogens with two attached hydrogens (primary N) is 1. The molecule has 0 radical (unpaired) electrons. The van der Waals surface area contributed by atoms with E-state index in [2.05, 4.69) is 30.9 Å². The van der Waals surface area contributed by atoms with Crippen molar-refractivity contribution in [3.63, 3.8) is 0 Å². The number of hydrogen-bond donors (Lipinski definition) is 4. The molecule has 0 atom stereocenters. The van der Waals surface area contributed by atoms with Crippen molar-refractivity contribution in [1.82, 2.24) is 15.0 Å². The zero-order valence-corrected chi connectivity index (χ0v) is 22.5. The summed E-state index contributed by atoms with van der Waals surface area (Å²) >= 11 is 0. The van der Waals surface area contributed by atoms with Gasteiger partial charge in [-0.1, -0.05) is 30.3 Å². The number of anilines is 5. The molecule has 0 fully saturated rings. The minimum Gasteiger partial charge on any atom is -0.454 e. The Morgan fingerprint density at radius 3 is 2.45 bits per heavy atom. The molecular weight excluding hydrogens is 571 g/mol. The van der Waals surface area contributed by atoms with Gasteiger partial charge >= 0.3 is 0 Å². The number of nitrogen functional groups attached to an aromatic ring is 1. The van der Waals surface area contributed by atoms with E-state index >= 15 is 0 Å². The van der Waals surface area contributed by atoms with Gasteiger partial charge in [0.25, 0.3) is 5.91 Å². The molecule has 0 spiro atoms. The highest BCUT2D eigenvalue weighted by Crippen LogP contribution is 2.29. The first-order valence-corrected chi connectivity index (χ1v) is 12.2. The second-order valence-corrected chi connectivity index (χ2v) is 8.66. The van der Waals surface area contributed by atoms with Crippen LogP contribution in [0.25, 0.3) is 0 Å². The van der Waals surface area contributed by atoms with E-state index in [0.29, 0.717) is 18.4 Å². The van der Waals surface area contributed by atoms with Crippen LogP contribution in [0.1, 0.15) is 15.9 Å². The predicted molar refractivity (Wildman–Crippen MR) is 156 cm³/mol. The summed E-state index contributed by atoms with van der Waals surface area (Å²) in [5, 5.41) is 8.36. The SMILES string of the molecule is Cl.Nc1cc(Oc2ccc(Nc3nc(NCc4ccccc4)ncc3C(=O)Nc3ccc(F)cc3F)cc2F)ccn1. The fraction of sp³-hybridized carbons (Fsp3) is 0.0345. The number of hydrogen-bond acceptors (Lipinski definition) is 8. The van der Waals surface area contributed by atoms with Crippen molar-refractivity contribution in [1.29, 1.82) is 0 Å². The van der Waals surface area contributed by atoms with Crippen molar-refractivity contribution in [2.24, 2.45) is 0 Å². The zero-order chi connectivity index (χ0) is 28.8. The van der Waals surface area contributed by atoms with E-state index in [4.69, 9.17) is 10.5 Å². The van der Waals surface area contributed by atoms with Gasteiger partial charge in [0.1, 0.15) is 34.6 Å². The summed E-state index contributed by atoms with van der Waals surface area (Å²) in [7, 11) is 0. The monoisotopic (exact) mass is 593 g/mol. The highest BCUT2D eigenvalue weighted by molar-refractivity contribution is 6.07. The maximum absolute atomic E-state index is 14.9. The summed E-state index contributed by atoms with van der Waals surface area (Å²) in [6, 6.07) is 19.3. The average molecular weight is 594 g/mol. The van der Waals surface area contributed by atoms with E-state index in [9.17, 15) is 18.0 Å². The molecule has 13 heteroatoms. The van der Waals surface area contributed by atoms with Crippen LogP contribution in [-0.2, 0) is 6.54 Å². The van der Waals surface area contributed by atoms with E-state index in [1.807, 2.05) is 30.3 Å². The molecule has 42 heavy (non-hydrogen) atoms. The van der Waals surface area contributed by atoms with E-state index in [1.165, 1.54) is 36.7 Å². The average Bonchev–Trinajstić information content (AvgIpc) is 2.95. The molecule has 5 N–H and O–H groups in total. The molecule has 5 aromatic rings. The van der Waals surface area contributed by atoms with Gasteiger partial charge in [-0.25, -0.2) is 23.1 Å². The molecular formula is C29H23ClF3N7O2. The molecule has 9 nitrogen and oxygen atoms in total. The molecule has 0 saturated carbocycles. The van der Waals surface area contributed by atoms with Crippen LogP contribution in [0.3, 0.4) is 0 Å². The van der Waals surface area contributed by atoms with Crippen LogP contribution >= 0.6 is 12.4 Å². The summed E-state index contributed by atoms with van der Waals surface area (Å²) in [5.74, 6) is -2.60. The smallest absolute Gasteiger partial charge is 0.261 e. The van der Waals surface area contributed by atoms with Gasteiger partial charge in [0.15, 0.2) is 11.6 Å². The maximum atomic E-state index is 14.9. The Labute approximate surface area is 244 Å². The number of ether oxygens (including phenoxy) is 1. The van der Waals surface area contributed by atoms with E-state index in [-0.39, 0.29) is 52.7 Å². The molecule has 1 amide bonds. The lowest BCUT2D eigenvalue weighted by atomic mass is 10.2. The van der Waals surface area contributed by atoms with Gasteiger partial charge in [0.2, 0.25) is 5.95 Å². The quantitative estimate of drug-likeness (QED) is 0.149. The standard InChI is InChI=1S/C29H22F3N7O2.ClH/c30-18-6-8-24(22(31)12-18)38-28(40)21-16-36-29(35-15-17-4-2-1-3-5-17)39-27(21)37-19-7-9-25(23(32)13-19)41-20-10-11-34-26(33)14-20;/h1-14,16H,15H2,(H2,33,34)(H,38,40)(H2,35,36,37,39);1H. The second-order valence-electron chi connectivity index (χ2n) is 8.66. The molecule has 0 saturated heterocycles. The first kappa shape index (κ1) is 29.6. The minimum atomic E-state index is -0.955. The van der Waals surface area contributed by atoms with Crippen molar-refractivity contribution in [2.45, 2.75) is 6.54 Å². The Hall–Kier alpha value is -5.36. The van der Waals surface area contributed by atoms with Crippen LogP contribution in [0.15, 0.2) is 91.3 Å². The summed E-state index contributed by atoms with van der Waals surface area (Å²) < 4.78 is 48.0. The number of aromatic nitrogens is 3. The summed E-state index contributed by atoms with van der Waals surface area (Å²) in [6.07, 6.45) is 2.67. The number of amides is 1. The number of nitrogens with one attached hydrogen (secondary N) is 3. The fourth-order valence-electron chi connectivity index (χ4n) is 3.70. The normalized spacial score (nSPS) is 10.4. The third-order valence-corrected chi connectivity index (χ3v) is 5.68. The Morgan fingerprint density at radius 1 is 0.905 bits per heavy atom. The van der Waals surface area contributed by atoms with Crippen molar-refractivity contribution in [3.8, 4) is 11.5 Å². The predicted octanol–water partition coefficient (Wildman–Crippen LogP) is 6.69. The van der Waals surface area contributed by atoms with Crippen LogP contribution in [0.2, 0.25) is 0 Å². The Bertz CT molecular complexity index is 1710. The van der Waals surface area contributed by atoms with E-state index < -0.39 is 23.4 Å². The number of benzene rings is 3. The largest absolute Gasteiger partial charge is 0.454 e. The van der Waals surface area contributed by atoms with Crippen molar-refractivity contribution < 1.29 is 22.7 Å². The van der Waals surface area contributed by atoms with Gasteiger partial charge in [0.05, 0.1) is 5.69 Å². The number of carbonyl (C=O) groups excluding carboxylic acids is 1. The molecule has 0 aliphatic rings. The van der Waals surface area contributed by atoms with E-state index in [1.54, 1.807) is 0 Å². The first-order valence-electron chi connectivity index (χ1n) is 12.2. The number of carbonyl (C=O) groups is 1. The first-order chi connectivity index (χ1) is 19.8. The molecule has 0 bridgehead atoms. The van der Waals surface area contributed by atoms with E-state index in [0.717, 1.165) is 23.8 Å². The summed E-state index contributed by atoms with van der Waals surface area (Å²) in [5.41, 5.74) is 6.53. The Morgan fingerprint density at radius 2 is 1.71 bits per heavy atom. The molecule has 5 rings (SSSR count). The molecule has 3 aromatic carbocycles. The molecule has 2 aromatic heterocycles. The number of halogens is 4. The molecule has 0 aliphatic carbocycles. The highest BCUT2D eigenvalue weighted by atomic mass is 35.5. The second kappa shape index (κ2) is 13.3.